The molecule has 0 amide bonds. The number of benzene rings is 3. The number of hydrogen-bond acceptors (Lipinski definition) is 8. The second-order valence-corrected chi connectivity index (χ2v) is 9.41. The lowest BCUT2D eigenvalue weighted by atomic mass is 9.90. The molecule has 1 fully saturated rings. The molecule has 0 spiro atoms. The predicted octanol–water partition coefficient (Wildman–Crippen LogP) is 3.72. The molecule has 0 bridgehead atoms. The van der Waals surface area contributed by atoms with E-state index in [1.165, 1.54) is 13.2 Å². The van der Waals surface area contributed by atoms with E-state index in [1.807, 2.05) is 37.3 Å². The summed E-state index contributed by atoms with van der Waals surface area (Å²) in [4.78, 5) is 11.8. The molecule has 1 aliphatic heterocycles. The first-order chi connectivity index (χ1) is 18.3. The average Bonchev–Trinajstić information content (AvgIpc) is 2.93. The summed E-state index contributed by atoms with van der Waals surface area (Å²) < 4.78 is 22.0. The molecule has 8 nitrogen and oxygen atoms in total. The predicted molar refractivity (Wildman–Crippen MR) is 141 cm³/mol. The molecule has 1 saturated heterocycles. The van der Waals surface area contributed by atoms with Crippen molar-refractivity contribution in [2.24, 2.45) is 0 Å². The lowest BCUT2D eigenvalue weighted by Crippen LogP contribution is -2.55. The van der Waals surface area contributed by atoms with Crippen molar-refractivity contribution in [1.82, 2.24) is 0 Å². The maximum atomic E-state index is 11.8. The number of rotatable bonds is 9. The molecule has 4 rings (SSSR count). The minimum atomic E-state index is -1.46. The van der Waals surface area contributed by atoms with Crippen molar-refractivity contribution in [1.29, 1.82) is 0 Å². The van der Waals surface area contributed by atoms with Crippen LogP contribution in [-0.4, -0.2) is 66.0 Å². The summed E-state index contributed by atoms with van der Waals surface area (Å²) in [6, 6.07) is 19.4. The summed E-state index contributed by atoms with van der Waals surface area (Å²) in [5, 5.41) is 32.5. The fourth-order valence-corrected chi connectivity index (χ4v) is 4.55. The minimum Gasteiger partial charge on any atom is -0.494 e. The smallest absolute Gasteiger partial charge is 0.337 e. The number of carbonyl (C=O) groups is 1. The van der Waals surface area contributed by atoms with Gasteiger partial charge in [-0.1, -0.05) is 41.9 Å². The van der Waals surface area contributed by atoms with Crippen molar-refractivity contribution in [2.75, 3.05) is 20.3 Å². The summed E-state index contributed by atoms with van der Waals surface area (Å²) in [5.41, 5.74) is 2.75. The third kappa shape index (κ3) is 6.46. The first kappa shape index (κ1) is 27.9. The van der Waals surface area contributed by atoms with E-state index in [2.05, 4.69) is 0 Å². The monoisotopic (exact) mass is 542 g/mol. The molecule has 3 aromatic carbocycles. The molecule has 0 aromatic heterocycles. The molecular formula is C29H31ClO8. The van der Waals surface area contributed by atoms with Gasteiger partial charge in [-0.05, 0) is 66.4 Å². The molecule has 0 radical (unpaired) electrons. The van der Waals surface area contributed by atoms with Gasteiger partial charge in [-0.25, -0.2) is 4.79 Å². The van der Waals surface area contributed by atoms with Crippen molar-refractivity contribution in [2.45, 2.75) is 43.9 Å². The lowest BCUT2D eigenvalue weighted by molar-refractivity contribution is -0.230. The highest BCUT2D eigenvalue weighted by Crippen LogP contribution is 2.35. The summed E-state index contributed by atoms with van der Waals surface area (Å²) in [7, 11) is 1.29. The van der Waals surface area contributed by atoms with Gasteiger partial charge in [0, 0.05) is 5.02 Å². The second-order valence-electron chi connectivity index (χ2n) is 9.00. The van der Waals surface area contributed by atoms with Gasteiger partial charge in [-0.15, -0.1) is 0 Å². The number of aliphatic hydroxyl groups excluding tert-OH is 3. The van der Waals surface area contributed by atoms with Crippen molar-refractivity contribution in [3.05, 3.63) is 94.0 Å². The van der Waals surface area contributed by atoms with Gasteiger partial charge in [-0.3, -0.25) is 0 Å². The van der Waals surface area contributed by atoms with Gasteiger partial charge < -0.3 is 34.3 Å². The van der Waals surface area contributed by atoms with Crippen LogP contribution >= 0.6 is 11.6 Å². The summed E-state index contributed by atoms with van der Waals surface area (Å²) in [6.45, 7) is 2.39. The Labute approximate surface area is 226 Å². The van der Waals surface area contributed by atoms with Gasteiger partial charge in [0.15, 0.2) is 0 Å². The molecule has 202 valence electrons. The third-order valence-corrected chi connectivity index (χ3v) is 6.78. The maximum absolute atomic E-state index is 11.8. The van der Waals surface area contributed by atoms with Gasteiger partial charge in [0.05, 0.1) is 19.3 Å². The Morgan fingerprint density at radius 1 is 0.921 bits per heavy atom. The second kappa shape index (κ2) is 12.6. The molecule has 38 heavy (non-hydrogen) atoms. The molecule has 1 heterocycles. The maximum Gasteiger partial charge on any atom is 0.337 e. The Bertz CT molecular complexity index is 1230. The minimum absolute atomic E-state index is 0.126. The van der Waals surface area contributed by atoms with Crippen LogP contribution in [0.2, 0.25) is 5.02 Å². The highest BCUT2D eigenvalue weighted by molar-refractivity contribution is 6.31. The van der Waals surface area contributed by atoms with E-state index in [-0.39, 0.29) is 6.61 Å². The SMILES string of the molecule is CCOc1ccc(Cc2cc([C@@H]3O[C@H](COc4cccc(C(=O)OC)c4)[C@@H](O)[C@H](O)[C@H]3O)ccc2Cl)cc1. The molecular weight excluding hydrogens is 512 g/mol. The van der Waals surface area contributed by atoms with Gasteiger partial charge in [0.25, 0.3) is 0 Å². The van der Waals surface area contributed by atoms with E-state index in [1.54, 1.807) is 30.3 Å². The first-order valence-electron chi connectivity index (χ1n) is 12.3. The summed E-state index contributed by atoms with van der Waals surface area (Å²) in [5.74, 6) is 0.643. The number of aliphatic hydroxyl groups is 3. The fraction of sp³-hybridized carbons (Fsp3) is 0.345. The number of ether oxygens (including phenoxy) is 4. The van der Waals surface area contributed by atoms with E-state index < -0.39 is 36.5 Å². The normalized spacial score (nSPS) is 23.1. The molecule has 0 aliphatic carbocycles. The number of methoxy groups -OCH3 is 1. The topological polar surface area (TPSA) is 115 Å². The average molecular weight is 543 g/mol. The number of hydrogen-bond donors (Lipinski definition) is 3. The zero-order valence-corrected chi connectivity index (χ0v) is 21.9. The van der Waals surface area contributed by atoms with Crippen molar-refractivity contribution >= 4 is 17.6 Å². The Morgan fingerprint density at radius 2 is 1.68 bits per heavy atom. The van der Waals surface area contributed by atoms with E-state index >= 15 is 0 Å². The molecule has 3 aromatic rings. The van der Waals surface area contributed by atoms with Gasteiger partial charge >= 0.3 is 5.97 Å². The molecule has 0 unspecified atom stereocenters. The molecule has 9 heteroatoms. The van der Waals surface area contributed by atoms with E-state index in [0.717, 1.165) is 16.9 Å². The van der Waals surface area contributed by atoms with Crippen LogP contribution in [0.15, 0.2) is 66.7 Å². The van der Waals surface area contributed by atoms with Crippen molar-refractivity contribution in [3.63, 3.8) is 0 Å². The molecule has 0 saturated carbocycles. The lowest BCUT2D eigenvalue weighted by Gasteiger charge is -2.40. The number of halogens is 1. The standard InChI is InChI=1S/C29H31ClO8/c1-3-36-21-10-7-17(8-11-21)13-20-14-18(9-12-23(20)30)28-27(33)26(32)25(31)24(38-28)16-37-22-6-4-5-19(15-22)29(34)35-2/h4-12,14-15,24-28,31-33H,3,13,16H2,1-2H3/t24-,25-,26+,27-,28+/m1/s1. The zero-order valence-electron chi connectivity index (χ0n) is 21.1. The van der Waals surface area contributed by atoms with Gasteiger partial charge in [0.2, 0.25) is 0 Å². The zero-order chi connectivity index (χ0) is 27.2. The summed E-state index contributed by atoms with van der Waals surface area (Å²) >= 11 is 6.48. The Kier molecular flexibility index (Phi) is 9.25. The van der Waals surface area contributed by atoms with Crippen molar-refractivity contribution in [3.8, 4) is 11.5 Å². The van der Waals surface area contributed by atoms with Crippen LogP contribution in [0.3, 0.4) is 0 Å². The summed E-state index contributed by atoms with van der Waals surface area (Å²) in [6.07, 6.45) is -5.57. The van der Waals surface area contributed by atoms with Crippen LogP contribution in [0.5, 0.6) is 11.5 Å². The molecule has 3 N–H and O–H groups in total. The van der Waals surface area contributed by atoms with Crippen LogP contribution in [-0.2, 0) is 15.9 Å². The van der Waals surface area contributed by atoms with Crippen LogP contribution in [0.4, 0.5) is 0 Å². The highest BCUT2D eigenvalue weighted by atomic mass is 35.5. The Hall–Kier alpha value is -3.14. The van der Waals surface area contributed by atoms with Gasteiger partial charge in [-0.2, -0.15) is 0 Å². The largest absolute Gasteiger partial charge is 0.494 e. The van der Waals surface area contributed by atoms with Crippen LogP contribution < -0.4 is 9.47 Å². The number of esters is 1. The third-order valence-electron chi connectivity index (χ3n) is 6.41. The molecule has 5 atom stereocenters. The number of carbonyl (C=O) groups excluding carboxylic acids is 1. The Balaban J connectivity index is 1.49. The Morgan fingerprint density at radius 3 is 2.39 bits per heavy atom. The van der Waals surface area contributed by atoms with Gasteiger partial charge in [0.1, 0.15) is 48.6 Å². The highest BCUT2D eigenvalue weighted by Gasteiger charge is 2.44. The fourth-order valence-electron chi connectivity index (χ4n) is 4.37. The van der Waals surface area contributed by atoms with E-state index in [0.29, 0.717) is 34.9 Å². The first-order valence-corrected chi connectivity index (χ1v) is 12.7. The molecule has 1 aliphatic rings. The van der Waals surface area contributed by atoms with E-state index in [9.17, 15) is 20.1 Å². The quantitative estimate of drug-likeness (QED) is 0.351. The van der Waals surface area contributed by atoms with Crippen LogP contribution in [0.1, 0.15) is 40.1 Å². The van der Waals surface area contributed by atoms with Crippen molar-refractivity contribution < 1.29 is 39.1 Å². The van der Waals surface area contributed by atoms with Crippen LogP contribution in [0.25, 0.3) is 0 Å². The van der Waals surface area contributed by atoms with Crippen LogP contribution in [0, 0.1) is 0 Å². The van der Waals surface area contributed by atoms with E-state index in [4.69, 9.17) is 30.5 Å².